The molecule has 0 atom stereocenters. The number of hydrogen-bond donors (Lipinski definition) is 2. The van der Waals surface area contributed by atoms with Gasteiger partial charge in [0, 0.05) is 0 Å². The van der Waals surface area contributed by atoms with Gasteiger partial charge in [-0.25, -0.2) is 0 Å². The number of nitrogens with zero attached hydrogens (tertiary/aromatic N) is 1. The van der Waals surface area contributed by atoms with E-state index in [9.17, 15) is 0 Å². The average molecular weight is 282 g/mol. The zero-order valence-corrected chi connectivity index (χ0v) is 9.59. The molecule has 0 aliphatic rings. The van der Waals surface area contributed by atoms with Gasteiger partial charge >= 0.3 is 0 Å². The van der Waals surface area contributed by atoms with Gasteiger partial charge in [-0.15, -0.1) is 12.4 Å². The summed E-state index contributed by atoms with van der Waals surface area (Å²) in [6.45, 7) is 0.0686. The first kappa shape index (κ1) is 13.1. The average Bonchev–Trinajstić information content (AvgIpc) is 2.16. The monoisotopic (exact) mass is 280 g/mol. The Morgan fingerprint density at radius 3 is 2.71 bits per heavy atom. The van der Waals surface area contributed by atoms with Crippen molar-refractivity contribution in [3.05, 3.63) is 28.7 Å². The van der Waals surface area contributed by atoms with E-state index in [1.807, 2.05) is 18.2 Å². The van der Waals surface area contributed by atoms with Crippen molar-refractivity contribution in [2.24, 2.45) is 10.9 Å². The zero-order chi connectivity index (χ0) is 9.68. The second-order valence-electron chi connectivity index (χ2n) is 2.31. The number of para-hydroxylation sites is 1. The Kier molecular flexibility index (Phi) is 6.07. The molecule has 4 nitrogen and oxygen atoms in total. The lowest BCUT2D eigenvalue weighted by Gasteiger charge is -2.05. The standard InChI is InChI=1S/C8H9BrN2O2.ClH/c9-6-3-1-2-4-7(6)13-5-8(10)11-12;/h1-4,12H,5H2,(H2,10,11);1H. The third kappa shape index (κ3) is 3.85. The number of rotatable bonds is 3. The van der Waals surface area contributed by atoms with Crippen LogP contribution in [0.15, 0.2) is 33.9 Å². The van der Waals surface area contributed by atoms with Gasteiger partial charge in [0.05, 0.1) is 4.47 Å². The van der Waals surface area contributed by atoms with Crippen molar-refractivity contribution in [1.29, 1.82) is 0 Å². The van der Waals surface area contributed by atoms with E-state index >= 15 is 0 Å². The molecule has 6 heteroatoms. The van der Waals surface area contributed by atoms with Gasteiger partial charge in [0.25, 0.3) is 0 Å². The van der Waals surface area contributed by atoms with Crippen molar-refractivity contribution in [1.82, 2.24) is 0 Å². The lowest BCUT2D eigenvalue weighted by Crippen LogP contribution is -2.20. The molecule has 0 aliphatic carbocycles. The molecular formula is C8H10BrClN2O2. The molecule has 0 aliphatic heterocycles. The van der Waals surface area contributed by atoms with Crippen LogP contribution in [0.3, 0.4) is 0 Å². The van der Waals surface area contributed by atoms with Gasteiger partial charge in [-0.2, -0.15) is 0 Å². The Hall–Kier alpha value is -0.940. The molecule has 0 heterocycles. The van der Waals surface area contributed by atoms with E-state index in [4.69, 9.17) is 15.7 Å². The SMILES string of the molecule is Cl.N/C(COc1ccccc1Br)=N\O. The summed E-state index contributed by atoms with van der Waals surface area (Å²) in [5.74, 6) is 0.699. The summed E-state index contributed by atoms with van der Waals surface area (Å²) < 4.78 is 6.06. The van der Waals surface area contributed by atoms with Gasteiger partial charge in [-0.3, -0.25) is 0 Å². The second kappa shape index (κ2) is 6.50. The van der Waals surface area contributed by atoms with Gasteiger partial charge in [-0.1, -0.05) is 17.3 Å². The van der Waals surface area contributed by atoms with Gasteiger partial charge in [-0.05, 0) is 28.1 Å². The predicted molar refractivity (Wildman–Crippen MR) is 60.3 cm³/mol. The molecule has 1 aromatic rings. The molecule has 0 fully saturated rings. The molecule has 0 radical (unpaired) electrons. The molecule has 14 heavy (non-hydrogen) atoms. The fourth-order valence-corrected chi connectivity index (χ4v) is 1.14. The lowest BCUT2D eigenvalue weighted by molar-refractivity contribution is 0.306. The number of halogens is 2. The maximum atomic E-state index is 8.25. The molecule has 0 saturated carbocycles. The van der Waals surface area contributed by atoms with Crippen LogP contribution in [0.1, 0.15) is 0 Å². The second-order valence-corrected chi connectivity index (χ2v) is 3.16. The molecule has 0 bridgehead atoms. The van der Waals surface area contributed by atoms with E-state index in [-0.39, 0.29) is 24.8 Å². The van der Waals surface area contributed by atoms with Crippen LogP contribution >= 0.6 is 28.3 Å². The van der Waals surface area contributed by atoms with Crippen molar-refractivity contribution in [3.8, 4) is 5.75 Å². The summed E-state index contributed by atoms with van der Waals surface area (Å²) >= 11 is 3.30. The Bertz CT molecular complexity index is 320. The smallest absolute Gasteiger partial charge is 0.177 e. The lowest BCUT2D eigenvalue weighted by atomic mass is 10.3. The van der Waals surface area contributed by atoms with Crippen LogP contribution in [0.5, 0.6) is 5.75 Å². The Morgan fingerprint density at radius 2 is 2.14 bits per heavy atom. The molecule has 0 unspecified atom stereocenters. The maximum absolute atomic E-state index is 8.25. The van der Waals surface area contributed by atoms with Crippen LogP contribution in [0.4, 0.5) is 0 Å². The van der Waals surface area contributed by atoms with Crippen molar-refractivity contribution < 1.29 is 9.94 Å². The van der Waals surface area contributed by atoms with Crippen LogP contribution in [0.25, 0.3) is 0 Å². The van der Waals surface area contributed by atoms with E-state index in [1.54, 1.807) is 6.07 Å². The highest BCUT2D eigenvalue weighted by Crippen LogP contribution is 2.23. The van der Waals surface area contributed by atoms with Crippen LogP contribution in [0.2, 0.25) is 0 Å². The summed E-state index contributed by atoms with van der Waals surface area (Å²) in [4.78, 5) is 0. The fourth-order valence-electron chi connectivity index (χ4n) is 0.742. The van der Waals surface area contributed by atoms with Gasteiger partial charge in [0.15, 0.2) is 5.84 Å². The largest absolute Gasteiger partial charge is 0.484 e. The highest BCUT2D eigenvalue weighted by atomic mass is 79.9. The Morgan fingerprint density at radius 1 is 1.50 bits per heavy atom. The minimum Gasteiger partial charge on any atom is -0.484 e. The minimum absolute atomic E-state index is 0. The van der Waals surface area contributed by atoms with E-state index in [0.717, 1.165) is 4.47 Å². The topological polar surface area (TPSA) is 67.8 Å². The molecular weight excluding hydrogens is 271 g/mol. The number of ether oxygens (including phenoxy) is 1. The van der Waals surface area contributed by atoms with E-state index < -0.39 is 0 Å². The van der Waals surface area contributed by atoms with E-state index in [0.29, 0.717) is 5.75 Å². The molecule has 0 aromatic heterocycles. The quantitative estimate of drug-likeness (QED) is 0.385. The molecule has 1 aromatic carbocycles. The number of amidine groups is 1. The van der Waals surface area contributed by atoms with Crippen molar-refractivity contribution in [2.45, 2.75) is 0 Å². The third-order valence-electron chi connectivity index (χ3n) is 1.34. The minimum atomic E-state index is 0. The van der Waals surface area contributed by atoms with Gasteiger partial charge in [0.1, 0.15) is 12.4 Å². The van der Waals surface area contributed by atoms with E-state index in [1.165, 1.54) is 0 Å². The predicted octanol–water partition coefficient (Wildman–Crippen LogP) is 2.00. The highest BCUT2D eigenvalue weighted by Gasteiger charge is 1.99. The Labute approximate surface area is 96.3 Å². The van der Waals surface area contributed by atoms with Crippen LogP contribution < -0.4 is 10.5 Å². The first-order valence-corrected chi connectivity index (χ1v) is 4.37. The van der Waals surface area contributed by atoms with E-state index in [2.05, 4.69) is 21.1 Å². The first-order chi connectivity index (χ1) is 6.24. The molecule has 78 valence electrons. The van der Waals surface area contributed by atoms with Crippen molar-refractivity contribution >= 4 is 34.2 Å². The van der Waals surface area contributed by atoms with Gasteiger partial charge in [0.2, 0.25) is 0 Å². The fraction of sp³-hybridized carbons (Fsp3) is 0.125. The number of nitrogens with two attached hydrogens (primary N) is 1. The molecule has 1 rings (SSSR count). The molecule has 0 saturated heterocycles. The van der Waals surface area contributed by atoms with Crippen LogP contribution in [-0.4, -0.2) is 17.6 Å². The third-order valence-corrected chi connectivity index (χ3v) is 2.00. The molecule has 0 amide bonds. The number of benzene rings is 1. The summed E-state index contributed by atoms with van der Waals surface area (Å²) in [6.07, 6.45) is 0. The molecule has 0 spiro atoms. The zero-order valence-electron chi connectivity index (χ0n) is 7.18. The Balaban J connectivity index is 0.00000169. The normalized spacial score (nSPS) is 10.5. The first-order valence-electron chi connectivity index (χ1n) is 3.57. The van der Waals surface area contributed by atoms with Crippen LogP contribution in [0, 0.1) is 0 Å². The van der Waals surface area contributed by atoms with Gasteiger partial charge < -0.3 is 15.7 Å². The number of hydrogen-bond acceptors (Lipinski definition) is 3. The highest BCUT2D eigenvalue weighted by molar-refractivity contribution is 9.10. The van der Waals surface area contributed by atoms with Crippen LogP contribution in [-0.2, 0) is 0 Å². The summed E-state index contributed by atoms with van der Waals surface area (Å²) in [6, 6.07) is 7.35. The summed E-state index contributed by atoms with van der Waals surface area (Å²) in [5, 5.41) is 11.0. The number of oxime groups is 1. The summed E-state index contributed by atoms with van der Waals surface area (Å²) in [5.41, 5.74) is 5.23. The maximum Gasteiger partial charge on any atom is 0.177 e. The van der Waals surface area contributed by atoms with Crippen molar-refractivity contribution in [2.75, 3.05) is 6.61 Å². The molecule has 3 N–H and O–H groups in total. The van der Waals surface area contributed by atoms with Crippen molar-refractivity contribution in [3.63, 3.8) is 0 Å². The summed E-state index contributed by atoms with van der Waals surface area (Å²) in [7, 11) is 0.